The molecule has 0 aromatic heterocycles. The summed E-state index contributed by atoms with van der Waals surface area (Å²) in [4.78, 5) is 0. The standard InChI is InChI=1S/C21H26N2/c1-15(2)11-18(19(13-22)14-23)12-16(3)17-7-9-20(10-8-17)21(4,5)6/h7-10,12,15H,11H2,1-6H3/b16-12+. The summed E-state index contributed by atoms with van der Waals surface area (Å²) >= 11 is 0. The van der Waals surface area contributed by atoms with E-state index in [1.54, 1.807) is 0 Å². The van der Waals surface area contributed by atoms with Crippen LogP contribution >= 0.6 is 0 Å². The van der Waals surface area contributed by atoms with Gasteiger partial charge in [-0.3, -0.25) is 0 Å². The lowest BCUT2D eigenvalue weighted by atomic mass is 9.86. The molecule has 0 amide bonds. The fourth-order valence-electron chi connectivity index (χ4n) is 2.42. The van der Waals surface area contributed by atoms with E-state index in [0.717, 1.165) is 23.1 Å². The molecule has 0 bridgehead atoms. The Morgan fingerprint density at radius 1 is 1.09 bits per heavy atom. The molecule has 1 aromatic carbocycles. The van der Waals surface area contributed by atoms with Gasteiger partial charge in [0.2, 0.25) is 0 Å². The van der Waals surface area contributed by atoms with Gasteiger partial charge in [0.05, 0.1) is 0 Å². The van der Waals surface area contributed by atoms with Crippen LogP contribution < -0.4 is 0 Å². The first-order valence-corrected chi connectivity index (χ1v) is 8.01. The Bertz CT molecular complexity index is 665. The maximum atomic E-state index is 9.16. The van der Waals surface area contributed by atoms with Crippen LogP contribution in [0.5, 0.6) is 0 Å². The van der Waals surface area contributed by atoms with E-state index in [1.807, 2.05) is 25.1 Å². The van der Waals surface area contributed by atoms with Crippen LogP contribution in [0.4, 0.5) is 0 Å². The normalized spacial score (nSPS) is 11.8. The van der Waals surface area contributed by atoms with Crippen LogP contribution in [0.3, 0.4) is 0 Å². The number of nitrogens with zero attached hydrogens (tertiary/aromatic N) is 2. The molecule has 0 aliphatic rings. The van der Waals surface area contributed by atoms with Gasteiger partial charge in [-0.15, -0.1) is 0 Å². The maximum absolute atomic E-state index is 9.16. The van der Waals surface area contributed by atoms with Crippen molar-refractivity contribution < 1.29 is 0 Å². The molecule has 0 spiro atoms. The molecular formula is C21H26N2. The molecule has 0 unspecified atom stereocenters. The van der Waals surface area contributed by atoms with Crippen LogP contribution in [0.25, 0.3) is 5.57 Å². The molecule has 120 valence electrons. The minimum atomic E-state index is 0.133. The number of hydrogen-bond donors (Lipinski definition) is 0. The summed E-state index contributed by atoms with van der Waals surface area (Å²) in [5.74, 6) is 0.397. The third-order valence-electron chi connectivity index (χ3n) is 3.77. The topological polar surface area (TPSA) is 47.6 Å². The van der Waals surface area contributed by atoms with Crippen LogP contribution in [0.15, 0.2) is 41.5 Å². The number of rotatable bonds is 4. The van der Waals surface area contributed by atoms with Crippen LogP contribution in [-0.4, -0.2) is 0 Å². The lowest BCUT2D eigenvalue weighted by molar-refractivity contribution is 0.590. The highest BCUT2D eigenvalue weighted by molar-refractivity contribution is 5.68. The van der Waals surface area contributed by atoms with Crippen molar-refractivity contribution in [3.63, 3.8) is 0 Å². The van der Waals surface area contributed by atoms with Gasteiger partial charge in [-0.05, 0) is 47.0 Å². The van der Waals surface area contributed by atoms with Crippen molar-refractivity contribution in [1.82, 2.24) is 0 Å². The van der Waals surface area contributed by atoms with Crippen molar-refractivity contribution >= 4 is 5.57 Å². The minimum Gasteiger partial charge on any atom is -0.192 e. The number of nitriles is 2. The Morgan fingerprint density at radius 2 is 1.61 bits per heavy atom. The second kappa shape index (κ2) is 7.80. The molecule has 0 fully saturated rings. The van der Waals surface area contributed by atoms with Crippen LogP contribution in [0.1, 0.15) is 59.1 Å². The quantitative estimate of drug-likeness (QED) is 0.523. The van der Waals surface area contributed by atoms with Gasteiger partial charge in [-0.2, -0.15) is 10.5 Å². The van der Waals surface area contributed by atoms with Gasteiger partial charge in [-0.25, -0.2) is 0 Å². The van der Waals surface area contributed by atoms with Gasteiger partial charge < -0.3 is 0 Å². The lowest BCUT2D eigenvalue weighted by Gasteiger charge is -2.19. The van der Waals surface area contributed by atoms with Crippen LogP contribution in [0, 0.1) is 28.6 Å². The molecule has 23 heavy (non-hydrogen) atoms. The van der Waals surface area contributed by atoms with Crippen molar-refractivity contribution in [2.75, 3.05) is 0 Å². The summed E-state index contributed by atoms with van der Waals surface area (Å²) in [7, 11) is 0. The number of allylic oxidation sites excluding steroid dienone is 4. The third kappa shape index (κ3) is 5.42. The minimum absolute atomic E-state index is 0.133. The zero-order chi connectivity index (χ0) is 17.6. The highest BCUT2D eigenvalue weighted by Gasteiger charge is 2.13. The largest absolute Gasteiger partial charge is 0.192 e. The van der Waals surface area contributed by atoms with Crippen molar-refractivity contribution in [3.8, 4) is 12.1 Å². The fraction of sp³-hybridized carbons (Fsp3) is 0.429. The smallest absolute Gasteiger partial charge is 0.132 e. The SMILES string of the molecule is C/C(=C\C(CC(C)C)=C(C#N)C#N)c1ccc(C(C)(C)C)cc1. The van der Waals surface area contributed by atoms with Crippen LogP contribution in [-0.2, 0) is 5.41 Å². The molecule has 0 saturated heterocycles. The number of benzene rings is 1. The molecular weight excluding hydrogens is 280 g/mol. The molecule has 0 N–H and O–H groups in total. The summed E-state index contributed by atoms with van der Waals surface area (Å²) in [5, 5.41) is 18.3. The zero-order valence-corrected chi connectivity index (χ0v) is 15.1. The maximum Gasteiger partial charge on any atom is 0.132 e. The van der Waals surface area contributed by atoms with Gasteiger partial charge in [0.1, 0.15) is 17.7 Å². The summed E-state index contributed by atoms with van der Waals surface area (Å²) in [6.45, 7) is 12.8. The van der Waals surface area contributed by atoms with Gasteiger partial charge in [0.15, 0.2) is 0 Å². The molecule has 0 radical (unpaired) electrons. The van der Waals surface area contributed by atoms with E-state index in [-0.39, 0.29) is 11.0 Å². The first-order chi connectivity index (χ1) is 10.7. The van der Waals surface area contributed by atoms with E-state index < -0.39 is 0 Å². The van der Waals surface area contributed by atoms with Crippen molar-refractivity contribution in [2.45, 2.75) is 53.4 Å². The Hall–Kier alpha value is -2.32. The highest BCUT2D eigenvalue weighted by Crippen LogP contribution is 2.26. The summed E-state index contributed by atoms with van der Waals surface area (Å²) in [6.07, 6.45) is 2.71. The predicted octanol–water partition coefficient (Wildman–Crippen LogP) is 5.78. The Kier molecular flexibility index (Phi) is 6.35. The molecule has 1 rings (SSSR count). The molecule has 0 saturated carbocycles. The fourth-order valence-corrected chi connectivity index (χ4v) is 2.42. The number of hydrogen-bond acceptors (Lipinski definition) is 2. The molecule has 0 atom stereocenters. The van der Waals surface area contributed by atoms with Crippen molar-refractivity contribution in [3.05, 3.63) is 52.6 Å². The molecule has 2 heteroatoms. The van der Waals surface area contributed by atoms with Crippen LogP contribution in [0.2, 0.25) is 0 Å². The Labute approximate surface area is 140 Å². The average Bonchev–Trinajstić information content (AvgIpc) is 2.47. The Balaban J connectivity index is 3.22. The van der Waals surface area contributed by atoms with Crippen molar-refractivity contribution in [2.24, 2.45) is 5.92 Å². The predicted molar refractivity (Wildman–Crippen MR) is 96.5 cm³/mol. The van der Waals surface area contributed by atoms with E-state index in [2.05, 4.69) is 58.9 Å². The first kappa shape index (κ1) is 18.7. The summed E-state index contributed by atoms with van der Waals surface area (Å²) in [6, 6.07) is 12.5. The first-order valence-electron chi connectivity index (χ1n) is 8.01. The van der Waals surface area contributed by atoms with Crippen molar-refractivity contribution in [1.29, 1.82) is 10.5 Å². The second-order valence-electron chi connectivity index (χ2n) is 7.38. The van der Waals surface area contributed by atoms with Gasteiger partial charge >= 0.3 is 0 Å². The molecule has 0 aliphatic carbocycles. The van der Waals surface area contributed by atoms with E-state index in [1.165, 1.54) is 5.56 Å². The van der Waals surface area contributed by atoms with E-state index in [0.29, 0.717) is 5.92 Å². The monoisotopic (exact) mass is 306 g/mol. The molecule has 1 aromatic rings. The van der Waals surface area contributed by atoms with E-state index in [9.17, 15) is 0 Å². The molecule has 0 heterocycles. The highest BCUT2D eigenvalue weighted by atomic mass is 14.3. The third-order valence-corrected chi connectivity index (χ3v) is 3.77. The molecule has 0 aliphatic heterocycles. The molecule has 2 nitrogen and oxygen atoms in total. The van der Waals surface area contributed by atoms with Gasteiger partial charge in [0, 0.05) is 0 Å². The lowest BCUT2D eigenvalue weighted by Crippen LogP contribution is -2.10. The Morgan fingerprint density at radius 3 is 2.00 bits per heavy atom. The average molecular weight is 306 g/mol. The van der Waals surface area contributed by atoms with Gasteiger partial charge in [-0.1, -0.05) is 65.0 Å². The van der Waals surface area contributed by atoms with Gasteiger partial charge in [0.25, 0.3) is 0 Å². The van der Waals surface area contributed by atoms with E-state index in [4.69, 9.17) is 10.5 Å². The second-order valence-corrected chi connectivity index (χ2v) is 7.38. The summed E-state index contributed by atoms with van der Waals surface area (Å²) < 4.78 is 0. The van der Waals surface area contributed by atoms with E-state index >= 15 is 0 Å². The zero-order valence-electron chi connectivity index (χ0n) is 15.1. The summed E-state index contributed by atoms with van der Waals surface area (Å²) in [5.41, 5.74) is 4.65.